The number of fused-ring (bicyclic) bond motifs is 3. The molecular weight excluding hydrogens is 380 g/mol. The minimum Gasteiger partial charge on any atom is -0.495 e. The van der Waals surface area contributed by atoms with Crippen LogP contribution in [0.5, 0.6) is 5.75 Å². The Morgan fingerprint density at radius 3 is 2.60 bits per heavy atom. The van der Waals surface area contributed by atoms with Gasteiger partial charge in [0, 0.05) is 16.3 Å². The van der Waals surface area contributed by atoms with Gasteiger partial charge in [-0.25, -0.2) is 4.98 Å². The highest BCUT2D eigenvalue weighted by Gasteiger charge is 2.20. The van der Waals surface area contributed by atoms with Crippen molar-refractivity contribution in [1.82, 2.24) is 15.3 Å². The molecule has 0 aliphatic rings. The van der Waals surface area contributed by atoms with Crippen LogP contribution in [0.1, 0.15) is 23.1 Å². The van der Waals surface area contributed by atoms with Gasteiger partial charge >= 0.3 is 0 Å². The summed E-state index contributed by atoms with van der Waals surface area (Å²) in [6, 6.07) is 16.0. The van der Waals surface area contributed by atoms with Crippen LogP contribution < -0.4 is 15.4 Å². The molecule has 2 amide bonds. The monoisotopic (exact) mass is 402 g/mol. The number of para-hydroxylation sites is 3. The summed E-state index contributed by atoms with van der Waals surface area (Å²) < 4.78 is 5.24. The lowest BCUT2D eigenvalue weighted by Crippen LogP contribution is -2.42. The average molecular weight is 402 g/mol. The molecule has 0 radical (unpaired) electrons. The number of aromatic amines is 1. The van der Waals surface area contributed by atoms with Crippen molar-refractivity contribution >= 4 is 39.3 Å². The van der Waals surface area contributed by atoms with Crippen molar-refractivity contribution in [3.05, 3.63) is 66.0 Å². The molecule has 0 spiro atoms. The number of nitrogens with one attached hydrogen (secondary N) is 3. The second-order valence-electron chi connectivity index (χ2n) is 7.07. The smallest absolute Gasteiger partial charge is 0.270 e. The molecular formula is C23H22N4O3. The maximum atomic E-state index is 12.8. The quantitative estimate of drug-likeness (QED) is 0.473. The lowest BCUT2D eigenvalue weighted by atomic mass is 10.1. The highest BCUT2D eigenvalue weighted by Crippen LogP contribution is 2.27. The molecule has 1 atom stereocenters. The normalized spacial score (nSPS) is 12.0. The predicted octanol–water partition coefficient (Wildman–Crippen LogP) is 3.79. The maximum Gasteiger partial charge on any atom is 0.270 e. The standard InChI is InChI=1S/C23H22N4O3/c1-13-21-16(15-8-4-5-9-17(15)26-21)12-19(24-13)23(29)25-14(2)22(28)27-18-10-6-7-11-20(18)30-3/h4-12,14,26H,1-3H3,(H,25,29)(H,27,28). The van der Waals surface area contributed by atoms with Crippen molar-refractivity contribution in [3.8, 4) is 5.75 Å². The first-order valence-corrected chi connectivity index (χ1v) is 9.60. The van der Waals surface area contributed by atoms with E-state index in [4.69, 9.17) is 4.74 Å². The van der Waals surface area contributed by atoms with Crippen LogP contribution in [0.15, 0.2) is 54.6 Å². The van der Waals surface area contributed by atoms with Gasteiger partial charge in [0.1, 0.15) is 17.5 Å². The van der Waals surface area contributed by atoms with E-state index in [9.17, 15) is 9.59 Å². The molecule has 4 rings (SSSR count). The zero-order valence-electron chi connectivity index (χ0n) is 16.9. The number of hydrogen-bond acceptors (Lipinski definition) is 4. The molecule has 0 saturated heterocycles. The van der Waals surface area contributed by atoms with Crippen molar-refractivity contribution in [2.24, 2.45) is 0 Å². The van der Waals surface area contributed by atoms with E-state index in [2.05, 4.69) is 20.6 Å². The minimum absolute atomic E-state index is 0.265. The summed E-state index contributed by atoms with van der Waals surface area (Å²) in [4.78, 5) is 33.1. The molecule has 2 heterocycles. The van der Waals surface area contributed by atoms with Gasteiger partial charge in [-0.1, -0.05) is 30.3 Å². The van der Waals surface area contributed by atoms with Gasteiger partial charge in [-0.3, -0.25) is 9.59 Å². The Balaban J connectivity index is 1.55. The Labute approximate surface area is 173 Å². The van der Waals surface area contributed by atoms with E-state index in [0.29, 0.717) is 11.4 Å². The van der Waals surface area contributed by atoms with Crippen LogP contribution in [0.25, 0.3) is 21.8 Å². The number of amides is 2. The van der Waals surface area contributed by atoms with Crippen molar-refractivity contribution in [1.29, 1.82) is 0 Å². The predicted molar refractivity (Wildman–Crippen MR) is 117 cm³/mol. The van der Waals surface area contributed by atoms with Gasteiger partial charge in [0.05, 0.1) is 24.0 Å². The number of nitrogens with zero attached hydrogens (tertiary/aromatic N) is 1. The molecule has 3 N–H and O–H groups in total. The molecule has 2 aromatic heterocycles. The van der Waals surface area contributed by atoms with Crippen molar-refractivity contribution in [3.63, 3.8) is 0 Å². The zero-order chi connectivity index (χ0) is 21.3. The second-order valence-corrected chi connectivity index (χ2v) is 7.07. The van der Waals surface area contributed by atoms with Gasteiger partial charge in [-0.15, -0.1) is 0 Å². The van der Waals surface area contributed by atoms with Gasteiger partial charge in [0.2, 0.25) is 5.91 Å². The second kappa shape index (κ2) is 7.87. The van der Waals surface area contributed by atoms with Crippen LogP contribution in [0, 0.1) is 6.92 Å². The maximum absolute atomic E-state index is 12.8. The molecule has 2 aromatic carbocycles. The summed E-state index contributed by atoms with van der Waals surface area (Å²) in [5.41, 5.74) is 3.41. The number of benzene rings is 2. The summed E-state index contributed by atoms with van der Waals surface area (Å²) in [7, 11) is 1.53. The molecule has 4 aromatic rings. The first-order chi connectivity index (χ1) is 14.5. The Morgan fingerprint density at radius 2 is 1.80 bits per heavy atom. The molecule has 30 heavy (non-hydrogen) atoms. The molecule has 152 valence electrons. The van der Waals surface area contributed by atoms with Crippen molar-refractivity contribution < 1.29 is 14.3 Å². The van der Waals surface area contributed by atoms with Gasteiger partial charge in [0.25, 0.3) is 5.91 Å². The molecule has 0 aliphatic carbocycles. The zero-order valence-corrected chi connectivity index (χ0v) is 16.9. The summed E-state index contributed by atoms with van der Waals surface area (Å²) in [5.74, 6) is -0.211. The molecule has 0 saturated carbocycles. The van der Waals surface area contributed by atoms with Gasteiger partial charge in [-0.05, 0) is 38.1 Å². The molecule has 7 nitrogen and oxygen atoms in total. The summed E-state index contributed by atoms with van der Waals surface area (Å²) >= 11 is 0. The van der Waals surface area contributed by atoms with Crippen LogP contribution >= 0.6 is 0 Å². The molecule has 1 unspecified atom stereocenters. The van der Waals surface area contributed by atoms with Gasteiger partial charge in [0.15, 0.2) is 0 Å². The van der Waals surface area contributed by atoms with Crippen molar-refractivity contribution in [2.45, 2.75) is 19.9 Å². The average Bonchev–Trinajstić information content (AvgIpc) is 3.13. The third-order valence-electron chi connectivity index (χ3n) is 5.02. The summed E-state index contributed by atoms with van der Waals surface area (Å²) in [6.45, 7) is 3.48. The highest BCUT2D eigenvalue weighted by molar-refractivity contribution is 6.10. The van der Waals surface area contributed by atoms with Crippen molar-refractivity contribution in [2.75, 3.05) is 12.4 Å². The molecule has 7 heteroatoms. The topological polar surface area (TPSA) is 96.1 Å². The highest BCUT2D eigenvalue weighted by atomic mass is 16.5. The van der Waals surface area contributed by atoms with E-state index in [-0.39, 0.29) is 11.6 Å². The Hall–Kier alpha value is -3.87. The van der Waals surface area contributed by atoms with Gasteiger partial charge in [-0.2, -0.15) is 0 Å². The lowest BCUT2D eigenvalue weighted by molar-refractivity contribution is -0.117. The summed E-state index contributed by atoms with van der Waals surface area (Å²) in [5, 5.41) is 7.44. The van der Waals surface area contributed by atoms with Crippen LogP contribution in [0.3, 0.4) is 0 Å². The third kappa shape index (κ3) is 3.57. The Kier molecular flexibility index (Phi) is 5.10. The van der Waals surface area contributed by atoms with E-state index < -0.39 is 11.9 Å². The summed E-state index contributed by atoms with van der Waals surface area (Å²) in [6.07, 6.45) is 0. The van der Waals surface area contributed by atoms with Crippen LogP contribution in [0.2, 0.25) is 0 Å². The number of aryl methyl sites for hydroxylation is 1. The third-order valence-corrected chi connectivity index (χ3v) is 5.02. The largest absolute Gasteiger partial charge is 0.495 e. The van der Waals surface area contributed by atoms with Crippen LogP contribution in [0.4, 0.5) is 5.69 Å². The fraction of sp³-hybridized carbons (Fsp3) is 0.174. The molecule has 0 bridgehead atoms. The number of hydrogen-bond donors (Lipinski definition) is 3. The number of pyridine rings is 1. The molecule has 0 fully saturated rings. The number of aromatic nitrogens is 2. The number of carbonyl (C=O) groups excluding carboxylic acids is 2. The Morgan fingerprint density at radius 1 is 1.07 bits per heavy atom. The fourth-order valence-corrected chi connectivity index (χ4v) is 3.45. The fourth-order valence-electron chi connectivity index (χ4n) is 3.45. The van der Waals surface area contributed by atoms with Gasteiger partial charge < -0.3 is 20.4 Å². The minimum atomic E-state index is -0.761. The van der Waals surface area contributed by atoms with E-state index in [1.807, 2.05) is 37.3 Å². The Bertz CT molecular complexity index is 1260. The number of anilines is 1. The number of ether oxygens (including phenoxy) is 1. The molecule has 0 aliphatic heterocycles. The number of rotatable bonds is 5. The van der Waals surface area contributed by atoms with E-state index in [1.54, 1.807) is 31.2 Å². The van der Waals surface area contributed by atoms with E-state index in [0.717, 1.165) is 27.5 Å². The number of methoxy groups -OCH3 is 1. The number of H-pyrrole nitrogens is 1. The SMILES string of the molecule is COc1ccccc1NC(=O)C(C)NC(=O)c1cc2c([nH]c3ccccc32)c(C)n1. The lowest BCUT2D eigenvalue weighted by Gasteiger charge is -2.15. The first kappa shape index (κ1) is 19.4. The van der Waals surface area contributed by atoms with Crippen LogP contribution in [-0.2, 0) is 4.79 Å². The number of carbonyl (C=O) groups is 2. The van der Waals surface area contributed by atoms with E-state index in [1.165, 1.54) is 7.11 Å². The first-order valence-electron chi connectivity index (χ1n) is 9.60. The van der Waals surface area contributed by atoms with E-state index >= 15 is 0 Å². The van der Waals surface area contributed by atoms with Crippen LogP contribution in [-0.4, -0.2) is 34.9 Å².